The minimum atomic E-state index is -0.861. The lowest BCUT2D eigenvalue weighted by molar-refractivity contribution is -0.137. The maximum absolute atomic E-state index is 10.6. The zero-order chi connectivity index (χ0) is 14.4. The van der Waals surface area contributed by atoms with E-state index in [-0.39, 0.29) is 12.8 Å². The largest absolute Gasteiger partial charge is 0.481 e. The van der Waals surface area contributed by atoms with E-state index in [0.717, 1.165) is 36.0 Å². The molecule has 3 heteroatoms. The van der Waals surface area contributed by atoms with Gasteiger partial charge in [0, 0.05) is 6.42 Å². The lowest BCUT2D eigenvalue weighted by Gasteiger charge is -2.20. The summed E-state index contributed by atoms with van der Waals surface area (Å²) < 4.78 is 0. The summed E-state index contributed by atoms with van der Waals surface area (Å²) in [5.41, 5.74) is 4.52. The molecule has 2 N–H and O–H groups in total. The van der Waals surface area contributed by atoms with Gasteiger partial charge < -0.3 is 10.2 Å². The van der Waals surface area contributed by atoms with Gasteiger partial charge in [-0.1, -0.05) is 32.9 Å². The highest BCUT2D eigenvalue weighted by molar-refractivity contribution is 5.66. The third kappa shape index (κ3) is 4.06. The van der Waals surface area contributed by atoms with Crippen LogP contribution < -0.4 is 0 Å². The maximum Gasteiger partial charge on any atom is 0.303 e. The first kappa shape index (κ1) is 15.7. The molecule has 0 fully saturated rings. The van der Waals surface area contributed by atoms with E-state index >= 15 is 0 Å². The van der Waals surface area contributed by atoms with Gasteiger partial charge in [-0.2, -0.15) is 0 Å². The Morgan fingerprint density at radius 1 is 1.11 bits per heavy atom. The molecule has 1 atom stereocenters. The minimum absolute atomic E-state index is 0.00298. The predicted octanol–water partition coefficient (Wildman–Crippen LogP) is 3.27. The first-order chi connectivity index (χ1) is 9.03. The molecule has 1 aromatic carbocycles. The summed E-state index contributed by atoms with van der Waals surface area (Å²) in [7, 11) is 0. The van der Waals surface area contributed by atoms with E-state index < -0.39 is 12.1 Å². The van der Waals surface area contributed by atoms with E-state index in [1.165, 1.54) is 5.56 Å². The number of carboxylic acid groups (broad SMARTS) is 1. The quantitative estimate of drug-likeness (QED) is 0.794. The van der Waals surface area contributed by atoms with E-state index in [1.54, 1.807) is 0 Å². The molecule has 1 aromatic rings. The van der Waals surface area contributed by atoms with Crippen molar-refractivity contribution in [3.8, 4) is 0 Å². The lowest BCUT2D eigenvalue weighted by Crippen LogP contribution is -2.09. The van der Waals surface area contributed by atoms with Crippen LogP contribution in [0, 0.1) is 0 Å². The van der Waals surface area contributed by atoms with Gasteiger partial charge in [-0.3, -0.25) is 4.79 Å². The molecule has 0 aromatic heterocycles. The molecule has 0 heterocycles. The number of aryl methyl sites for hydroxylation is 3. The van der Waals surface area contributed by atoms with E-state index in [0.29, 0.717) is 0 Å². The molecule has 106 valence electrons. The highest BCUT2D eigenvalue weighted by atomic mass is 16.4. The Morgan fingerprint density at radius 3 is 2.00 bits per heavy atom. The minimum Gasteiger partial charge on any atom is -0.481 e. The van der Waals surface area contributed by atoms with Crippen molar-refractivity contribution in [3.63, 3.8) is 0 Å². The van der Waals surface area contributed by atoms with Crippen molar-refractivity contribution >= 4 is 5.97 Å². The number of carboxylic acids is 1. The number of aliphatic carboxylic acids is 1. The fourth-order valence-electron chi connectivity index (χ4n) is 2.47. The SMILES string of the molecule is CCc1cc(CC)c(C(O)CCC(=O)O)c(CC)c1. The highest BCUT2D eigenvalue weighted by Crippen LogP contribution is 2.29. The number of aliphatic hydroxyl groups excluding tert-OH is 1. The van der Waals surface area contributed by atoms with Crippen LogP contribution in [0.1, 0.15) is 62.0 Å². The molecular formula is C16H24O3. The van der Waals surface area contributed by atoms with E-state index in [2.05, 4.69) is 32.9 Å². The number of rotatable bonds is 7. The Hall–Kier alpha value is -1.35. The van der Waals surface area contributed by atoms with Crippen molar-refractivity contribution in [1.29, 1.82) is 0 Å². The van der Waals surface area contributed by atoms with Gasteiger partial charge in [-0.15, -0.1) is 0 Å². The van der Waals surface area contributed by atoms with Crippen molar-refractivity contribution in [1.82, 2.24) is 0 Å². The second-order valence-corrected chi connectivity index (χ2v) is 4.84. The van der Waals surface area contributed by atoms with Crippen molar-refractivity contribution in [2.45, 2.75) is 59.0 Å². The smallest absolute Gasteiger partial charge is 0.303 e. The molecule has 0 aliphatic carbocycles. The van der Waals surface area contributed by atoms with Crippen molar-refractivity contribution in [3.05, 3.63) is 34.4 Å². The van der Waals surface area contributed by atoms with Crippen LogP contribution in [0.25, 0.3) is 0 Å². The number of hydrogen-bond acceptors (Lipinski definition) is 2. The van der Waals surface area contributed by atoms with E-state index in [4.69, 9.17) is 5.11 Å². The van der Waals surface area contributed by atoms with Gasteiger partial charge in [0.15, 0.2) is 0 Å². The molecular weight excluding hydrogens is 240 g/mol. The van der Waals surface area contributed by atoms with Gasteiger partial charge >= 0.3 is 5.97 Å². The summed E-state index contributed by atoms with van der Waals surface area (Å²) in [6.45, 7) is 6.26. The van der Waals surface area contributed by atoms with Crippen molar-refractivity contribution in [2.24, 2.45) is 0 Å². The second kappa shape index (κ2) is 7.29. The molecule has 19 heavy (non-hydrogen) atoms. The first-order valence-corrected chi connectivity index (χ1v) is 7.07. The molecule has 1 unspecified atom stereocenters. The molecule has 0 aliphatic heterocycles. The average molecular weight is 264 g/mol. The molecule has 0 radical (unpaired) electrons. The van der Waals surface area contributed by atoms with Crippen LogP contribution in [-0.2, 0) is 24.1 Å². The summed E-state index contributed by atoms with van der Waals surface area (Å²) in [4.78, 5) is 10.6. The Labute approximate surface area is 115 Å². The molecule has 0 amide bonds. The van der Waals surface area contributed by atoms with Crippen LogP contribution in [0.15, 0.2) is 12.1 Å². The van der Waals surface area contributed by atoms with Gasteiger partial charge in [-0.25, -0.2) is 0 Å². The lowest BCUT2D eigenvalue weighted by atomic mass is 9.89. The molecule has 0 saturated carbocycles. The average Bonchev–Trinajstić information content (AvgIpc) is 2.42. The molecule has 1 rings (SSSR count). The maximum atomic E-state index is 10.6. The summed E-state index contributed by atoms with van der Waals surface area (Å²) in [5, 5.41) is 19.0. The van der Waals surface area contributed by atoms with Crippen LogP contribution in [-0.4, -0.2) is 16.2 Å². The van der Waals surface area contributed by atoms with Gasteiger partial charge in [0.1, 0.15) is 0 Å². The highest BCUT2D eigenvalue weighted by Gasteiger charge is 2.17. The van der Waals surface area contributed by atoms with Gasteiger partial charge in [0.05, 0.1) is 6.10 Å². The Balaban J connectivity index is 3.12. The first-order valence-electron chi connectivity index (χ1n) is 7.07. The summed E-state index contributed by atoms with van der Waals surface area (Å²) in [5.74, 6) is -0.861. The zero-order valence-electron chi connectivity index (χ0n) is 12.1. The third-order valence-electron chi connectivity index (χ3n) is 3.55. The topological polar surface area (TPSA) is 57.5 Å². The predicted molar refractivity (Wildman–Crippen MR) is 76.4 cm³/mol. The van der Waals surface area contributed by atoms with Crippen LogP contribution in [0.4, 0.5) is 0 Å². The fraction of sp³-hybridized carbons (Fsp3) is 0.562. The second-order valence-electron chi connectivity index (χ2n) is 4.84. The van der Waals surface area contributed by atoms with Gasteiger partial charge in [0.2, 0.25) is 0 Å². The van der Waals surface area contributed by atoms with Crippen molar-refractivity contribution < 1.29 is 15.0 Å². The number of aliphatic hydroxyl groups is 1. The van der Waals surface area contributed by atoms with Crippen LogP contribution in [0.2, 0.25) is 0 Å². The molecule has 0 saturated heterocycles. The van der Waals surface area contributed by atoms with Gasteiger partial charge in [0.25, 0.3) is 0 Å². The third-order valence-corrected chi connectivity index (χ3v) is 3.55. The van der Waals surface area contributed by atoms with Gasteiger partial charge in [-0.05, 0) is 47.9 Å². The zero-order valence-corrected chi connectivity index (χ0v) is 12.1. The Morgan fingerprint density at radius 2 is 1.63 bits per heavy atom. The number of hydrogen-bond donors (Lipinski definition) is 2. The summed E-state index contributed by atoms with van der Waals surface area (Å²) >= 11 is 0. The summed E-state index contributed by atoms with van der Waals surface area (Å²) in [6.07, 6.45) is 2.31. The normalized spacial score (nSPS) is 12.4. The standard InChI is InChI=1S/C16H24O3/c1-4-11-9-12(5-2)16(13(6-3)10-11)14(17)7-8-15(18)19/h9-10,14,17H,4-8H2,1-3H3,(H,18,19). The van der Waals surface area contributed by atoms with E-state index in [1.807, 2.05) is 0 Å². The fourth-order valence-corrected chi connectivity index (χ4v) is 2.47. The number of carbonyl (C=O) groups is 1. The Kier molecular flexibility index (Phi) is 6.03. The summed E-state index contributed by atoms with van der Waals surface area (Å²) in [6, 6.07) is 4.27. The molecule has 3 nitrogen and oxygen atoms in total. The van der Waals surface area contributed by atoms with Crippen LogP contribution in [0.3, 0.4) is 0 Å². The van der Waals surface area contributed by atoms with Crippen LogP contribution in [0.5, 0.6) is 0 Å². The monoisotopic (exact) mass is 264 g/mol. The van der Waals surface area contributed by atoms with Crippen LogP contribution >= 0.6 is 0 Å². The molecule has 0 bridgehead atoms. The number of benzene rings is 1. The Bertz CT molecular complexity index is 413. The molecule has 0 spiro atoms. The molecule has 0 aliphatic rings. The van der Waals surface area contributed by atoms with Crippen molar-refractivity contribution in [2.75, 3.05) is 0 Å². The van der Waals surface area contributed by atoms with E-state index in [9.17, 15) is 9.90 Å².